The van der Waals surface area contributed by atoms with Crippen molar-refractivity contribution in [3.8, 4) is 11.4 Å². The Morgan fingerprint density at radius 2 is 2.12 bits per heavy atom. The van der Waals surface area contributed by atoms with Crippen LogP contribution in [0.1, 0.15) is 18.4 Å². The maximum Gasteiger partial charge on any atom is 0.317 e. The number of carbonyl (C=O) groups excluding carboxylic acids is 1. The van der Waals surface area contributed by atoms with Crippen molar-refractivity contribution in [2.75, 3.05) is 25.1 Å². The number of hydrogen-bond donors (Lipinski definition) is 1. The molecule has 0 bridgehead atoms. The number of nitrogens with one attached hydrogen (secondary N) is 1. The molecule has 1 aromatic carbocycles. The minimum absolute atomic E-state index is 0.0127. The van der Waals surface area contributed by atoms with Gasteiger partial charge in [-0.15, -0.1) is 0 Å². The van der Waals surface area contributed by atoms with Crippen molar-refractivity contribution < 1.29 is 17.7 Å². The number of carbonyl (C=O) groups is 1. The summed E-state index contributed by atoms with van der Waals surface area (Å²) < 4.78 is 27.7. The molecule has 2 amide bonds. The zero-order valence-corrected chi connectivity index (χ0v) is 15.4. The van der Waals surface area contributed by atoms with Gasteiger partial charge in [-0.3, -0.25) is 0 Å². The fraction of sp³-hybridized carbons (Fsp3) is 0.471. The largest absolute Gasteiger partial charge is 0.342 e. The smallest absolute Gasteiger partial charge is 0.317 e. The van der Waals surface area contributed by atoms with E-state index in [0.29, 0.717) is 25.5 Å². The molecule has 0 spiro atoms. The van der Waals surface area contributed by atoms with Crippen molar-refractivity contribution in [1.29, 1.82) is 0 Å². The highest BCUT2D eigenvalue weighted by Gasteiger charge is 2.25. The molecule has 1 aliphatic rings. The first kappa shape index (κ1) is 18.4. The van der Waals surface area contributed by atoms with E-state index in [1.165, 1.54) is 12.6 Å². The minimum atomic E-state index is -3.03. The van der Waals surface area contributed by atoms with Crippen LogP contribution in [0.2, 0.25) is 0 Å². The molecule has 2 heterocycles. The van der Waals surface area contributed by atoms with Crippen LogP contribution in [0.4, 0.5) is 4.79 Å². The Bertz CT molecular complexity index is 834. The SMILES string of the molecule is CS(=O)(=O)C[C@@H]1CCCN(C(=O)NCc2ccc(-c3ncon3)cc2)C1. The van der Waals surface area contributed by atoms with Gasteiger partial charge < -0.3 is 14.7 Å². The number of likely N-dealkylation sites (tertiary alicyclic amines) is 1. The molecule has 9 heteroatoms. The third-order valence-corrected chi connectivity index (χ3v) is 5.44. The first-order valence-corrected chi connectivity index (χ1v) is 10.5. The first-order chi connectivity index (χ1) is 12.4. The van der Waals surface area contributed by atoms with Gasteiger partial charge in [0, 0.05) is 31.5 Å². The highest BCUT2D eigenvalue weighted by molar-refractivity contribution is 7.90. The van der Waals surface area contributed by atoms with E-state index in [-0.39, 0.29) is 17.7 Å². The van der Waals surface area contributed by atoms with E-state index in [1.807, 2.05) is 24.3 Å². The molecule has 0 aliphatic carbocycles. The van der Waals surface area contributed by atoms with Crippen molar-refractivity contribution in [2.45, 2.75) is 19.4 Å². The number of benzene rings is 1. The number of urea groups is 1. The van der Waals surface area contributed by atoms with Crippen LogP contribution in [-0.2, 0) is 16.4 Å². The summed E-state index contributed by atoms with van der Waals surface area (Å²) in [5.41, 5.74) is 1.80. The molecule has 1 aliphatic heterocycles. The first-order valence-electron chi connectivity index (χ1n) is 8.47. The third-order valence-electron chi connectivity index (χ3n) is 4.36. The van der Waals surface area contributed by atoms with Crippen molar-refractivity contribution in [1.82, 2.24) is 20.4 Å². The zero-order chi connectivity index (χ0) is 18.6. The van der Waals surface area contributed by atoms with Gasteiger partial charge in [0.1, 0.15) is 9.84 Å². The van der Waals surface area contributed by atoms with Gasteiger partial charge in [-0.05, 0) is 24.3 Å². The molecule has 1 fully saturated rings. The van der Waals surface area contributed by atoms with Crippen molar-refractivity contribution in [3.05, 3.63) is 36.2 Å². The predicted octanol–water partition coefficient (Wildman–Crippen LogP) is 1.70. The second-order valence-corrected chi connectivity index (χ2v) is 8.84. The Morgan fingerprint density at radius 1 is 1.35 bits per heavy atom. The average molecular weight is 378 g/mol. The summed E-state index contributed by atoms with van der Waals surface area (Å²) in [5.74, 6) is 0.665. The average Bonchev–Trinajstić information content (AvgIpc) is 3.13. The minimum Gasteiger partial charge on any atom is -0.342 e. The predicted molar refractivity (Wildman–Crippen MR) is 96.0 cm³/mol. The standard InChI is InChI=1S/C17H22N4O4S/c1-26(23,24)11-14-3-2-8-21(10-14)17(22)18-9-13-4-6-15(7-5-13)16-19-12-25-20-16/h4-7,12,14H,2-3,8-11H2,1H3,(H,18,22)/t14-/m1/s1. The van der Waals surface area contributed by atoms with Crippen LogP contribution < -0.4 is 5.32 Å². The van der Waals surface area contributed by atoms with Crippen LogP contribution in [0.3, 0.4) is 0 Å². The second-order valence-electron chi connectivity index (χ2n) is 6.66. The molecular formula is C17H22N4O4S. The van der Waals surface area contributed by atoms with Gasteiger partial charge in [-0.25, -0.2) is 13.2 Å². The quantitative estimate of drug-likeness (QED) is 0.849. The highest BCUT2D eigenvalue weighted by Crippen LogP contribution is 2.18. The summed E-state index contributed by atoms with van der Waals surface area (Å²) in [6.45, 7) is 1.54. The molecule has 0 saturated carbocycles. The fourth-order valence-electron chi connectivity index (χ4n) is 3.17. The number of hydrogen-bond acceptors (Lipinski definition) is 6. The number of nitrogens with zero attached hydrogens (tertiary/aromatic N) is 3. The van der Waals surface area contributed by atoms with Gasteiger partial charge in [0.2, 0.25) is 12.2 Å². The van der Waals surface area contributed by atoms with Crippen LogP contribution in [0.15, 0.2) is 35.2 Å². The summed E-state index contributed by atoms with van der Waals surface area (Å²) in [7, 11) is -3.03. The molecule has 3 rings (SSSR count). The number of aromatic nitrogens is 2. The van der Waals surface area contributed by atoms with E-state index in [4.69, 9.17) is 4.52 Å². The summed E-state index contributed by atoms with van der Waals surface area (Å²) in [4.78, 5) is 18.1. The van der Waals surface area contributed by atoms with E-state index in [1.54, 1.807) is 4.90 Å². The van der Waals surface area contributed by atoms with E-state index in [2.05, 4.69) is 15.5 Å². The molecule has 1 saturated heterocycles. The molecule has 0 radical (unpaired) electrons. The molecule has 1 aromatic heterocycles. The lowest BCUT2D eigenvalue weighted by molar-refractivity contribution is 0.170. The van der Waals surface area contributed by atoms with Crippen LogP contribution in [0.25, 0.3) is 11.4 Å². The summed E-state index contributed by atoms with van der Waals surface area (Å²) in [6.07, 6.45) is 4.19. The monoisotopic (exact) mass is 378 g/mol. The van der Waals surface area contributed by atoms with Crippen molar-refractivity contribution in [3.63, 3.8) is 0 Å². The molecule has 8 nitrogen and oxygen atoms in total. The van der Waals surface area contributed by atoms with E-state index in [9.17, 15) is 13.2 Å². The van der Waals surface area contributed by atoms with E-state index < -0.39 is 9.84 Å². The molecule has 1 atom stereocenters. The van der Waals surface area contributed by atoms with Crippen molar-refractivity contribution >= 4 is 15.9 Å². The molecule has 140 valence electrons. The van der Waals surface area contributed by atoms with Crippen LogP contribution in [0, 0.1) is 5.92 Å². The summed E-state index contributed by atoms with van der Waals surface area (Å²) in [6, 6.07) is 7.37. The Morgan fingerprint density at radius 3 is 2.77 bits per heavy atom. The summed E-state index contributed by atoms with van der Waals surface area (Å²) >= 11 is 0. The molecule has 26 heavy (non-hydrogen) atoms. The Hall–Kier alpha value is -2.42. The molecule has 0 unspecified atom stereocenters. The lowest BCUT2D eigenvalue weighted by atomic mass is 10.0. The maximum absolute atomic E-state index is 12.4. The molecule has 2 aromatic rings. The van der Waals surface area contributed by atoms with Gasteiger partial charge in [0.05, 0.1) is 5.75 Å². The Labute approximate surface area is 152 Å². The molecular weight excluding hydrogens is 356 g/mol. The lowest BCUT2D eigenvalue weighted by Crippen LogP contribution is -2.46. The van der Waals surface area contributed by atoms with E-state index >= 15 is 0 Å². The van der Waals surface area contributed by atoms with Gasteiger partial charge in [0.15, 0.2) is 0 Å². The van der Waals surface area contributed by atoms with Crippen LogP contribution in [-0.4, -0.2) is 54.6 Å². The lowest BCUT2D eigenvalue weighted by Gasteiger charge is -2.32. The number of rotatable bonds is 5. The van der Waals surface area contributed by atoms with Gasteiger partial charge in [-0.1, -0.05) is 29.4 Å². The Kier molecular flexibility index (Phi) is 5.55. The maximum atomic E-state index is 12.4. The topological polar surface area (TPSA) is 105 Å². The third kappa shape index (κ3) is 5.04. The second kappa shape index (κ2) is 7.86. The highest BCUT2D eigenvalue weighted by atomic mass is 32.2. The van der Waals surface area contributed by atoms with Gasteiger partial charge >= 0.3 is 6.03 Å². The van der Waals surface area contributed by atoms with Gasteiger partial charge in [0.25, 0.3) is 0 Å². The Balaban J connectivity index is 1.52. The van der Waals surface area contributed by atoms with Crippen LogP contribution >= 0.6 is 0 Å². The number of piperidine rings is 1. The zero-order valence-electron chi connectivity index (χ0n) is 14.6. The molecule has 1 N–H and O–H groups in total. The van der Waals surface area contributed by atoms with Crippen LogP contribution in [0.5, 0.6) is 0 Å². The van der Waals surface area contributed by atoms with Gasteiger partial charge in [-0.2, -0.15) is 4.98 Å². The fourth-order valence-corrected chi connectivity index (χ4v) is 4.30. The number of amides is 2. The summed E-state index contributed by atoms with van der Waals surface area (Å²) in [5, 5.41) is 6.67. The normalized spacial score (nSPS) is 17.9. The van der Waals surface area contributed by atoms with Crippen molar-refractivity contribution in [2.24, 2.45) is 5.92 Å². The van der Waals surface area contributed by atoms with E-state index in [0.717, 1.165) is 24.0 Å². The number of sulfone groups is 1.